The minimum atomic E-state index is -3.50. The van der Waals surface area contributed by atoms with Crippen molar-refractivity contribution in [1.82, 2.24) is 0 Å². The van der Waals surface area contributed by atoms with E-state index in [1.165, 1.54) is 0 Å². The average Bonchev–Trinajstić information content (AvgIpc) is 1.35. The Morgan fingerprint density at radius 3 is 2.00 bits per heavy atom. The second-order valence-corrected chi connectivity index (χ2v) is 2.34. The number of hydrogen-bond acceptors (Lipinski definition) is 4. The van der Waals surface area contributed by atoms with Gasteiger partial charge in [-0.25, -0.2) is 0 Å². The van der Waals surface area contributed by atoms with Crippen molar-refractivity contribution in [2.45, 2.75) is 0 Å². The van der Waals surface area contributed by atoms with Crippen molar-refractivity contribution < 1.29 is 34.1 Å². The zero-order chi connectivity index (χ0) is 4.99. The molecule has 0 heterocycles. The van der Waals surface area contributed by atoms with Crippen LogP contribution in [0.15, 0.2) is 0 Å². The van der Waals surface area contributed by atoms with Gasteiger partial charge < -0.3 is 0 Å². The third kappa shape index (κ3) is 5.45. The van der Waals surface area contributed by atoms with Crippen LogP contribution in [0.4, 0.5) is 0 Å². The summed E-state index contributed by atoms with van der Waals surface area (Å²) in [6.45, 7) is 0. The van der Waals surface area contributed by atoms with Gasteiger partial charge in [-0.2, -0.15) is 0 Å². The molecule has 4 nitrogen and oxygen atoms in total. The minimum absolute atomic E-state index is 0.471. The average molecular weight is 400 g/mol. The van der Waals surface area contributed by atoms with E-state index in [0.717, 1.165) is 0 Å². The maximum atomic E-state index is 9.40. The number of hydrogen-bond donors (Lipinski definition) is 0. The van der Waals surface area contributed by atoms with Gasteiger partial charge in [-0.1, -0.05) is 0 Å². The van der Waals surface area contributed by atoms with Crippen LogP contribution < -0.4 is 27.9 Å². The van der Waals surface area contributed by atoms with Crippen molar-refractivity contribution in [3.8, 4) is 0 Å². The van der Waals surface area contributed by atoms with Gasteiger partial charge in [0, 0.05) is 0 Å². The molecule has 0 aromatic carbocycles. The Morgan fingerprint density at radius 2 is 2.00 bits per heavy atom. The predicted octanol–water partition coefficient (Wildman–Crippen LogP) is -5.89. The van der Waals surface area contributed by atoms with Gasteiger partial charge in [-0.05, 0) is 0 Å². The normalized spacial score (nSPS) is 10.0. The van der Waals surface area contributed by atoms with Gasteiger partial charge in [-0.15, -0.1) is 0 Å². The fraction of sp³-hybridized carbons (Fsp3) is 0. The van der Waals surface area contributed by atoms with Crippen LogP contribution in [0.2, 0.25) is 0 Å². The first-order valence-electron chi connectivity index (χ1n) is 0.812. The van der Waals surface area contributed by atoms with Crippen molar-refractivity contribution in [1.29, 1.82) is 0 Å². The fourth-order valence-electron chi connectivity index (χ4n) is 0.0230. The van der Waals surface area contributed by atoms with Crippen LogP contribution in [0.3, 0.4) is 0 Å². The second kappa shape index (κ2) is 4.61. The Labute approximate surface area is 58.9 Å². The molecule has 0 aliphatic heterocycles. The van der Waals surface area contributed by atoms with Crippen LogP contribution in [0, 0.1) is 0 Å². The van der Waals surface area contributed by atoms with Gasteiger partial charge in [0.05, 0.1) is 0 Å². The summed E-state index contributed by atoms with van der Waals surface area (Å²) in [5.41, 5.74) is 0. The van der Waals surface area contributed by atoms with Crippen molar-refractivity contribution in [2.75, 3.05) is 0 Å². The van der Waals surface area contributed by atoms with Crippen LogP contribution in [-0.2, 0) is 6.18 Å². The molecular formula is BiIO4. The predicted molar refractivity (Wildman–Crippen MR) is 7.92 cm³/mol. The standard InChI is InChI=1S/Bi.HIO4/c;2-1(3)5-4/h;4H/q+1;/p-1. The topological polar surface area (TPSA) is 64.6 Å². The summed E-state index contributed by atoms with van der Waals surface area (Å²) < 4.78 is 26.3. The van der Waals surface area contributed by atoms with E-state index in [2.05, 4.69) is 6.18 Å². The molecule has 0 amide bonds. The Kier molecular flexibility index (Phi) is 5.72. The summed E-state index contributed by atoms with van der Waals surface area (Å²) in [4.78, 5) is 0. The third-order valence-electron chi connectivity index (χ3n) is 0.0796. The van der Waals surface area contributed by atoms with Gasteiger partial charge in [0.1, 0.15) is 0 Å². The molecule has 0 saturated heterocycles. The van der Waals surface area contributed by atoms with E-state index < -0.39 is 21.1 Å². The summed E-state index contributed by atoms with van der Waals surface area (Å²) in [7, 11) is 0. The molecule has 6 heavy (non-hydrogen) atoms. The van der Waals surface area contributed by atoms with Crippen LogP contribution in [0.25, 0.3) is 0 Å². The van der Waals surface area contributed by atoms with Crippen LogP contribution in [0.1, 0.15) is 0 Å². The van der Waals surface area contributed by atoms with E-state index in [1.54, 1.807) is 0 Å². The van der Waals surface area contributed by atoms with Crippen LogP contribution in [0.5, 0.6) is 0 Å². The molecule has 0 aromatic heterocycles. The molecule has 0 bridgehead atoms. The summed E-state index contributed by atoms with van der Waals surface area (Å²) in [6, 6.07) is 0. The van der Waals surface area contributed by atoms with Crippen LogP contribution in [-0.4, -0.2) is 25.2 Å². The van der Waals surface area contributed by atoms with Gasteiger partial charge in [-0.3, -0.25) is 0 Å². The molecule has 0 aliphatic carbocycles. The summed E-state index contributed by atoms with van der Waals surface area (Å²) in [6.07, 6.45) is 0. The first-order chi connectivity index (χ1) is 2.77. The van der Waals surface area contributed by atoms with E-state index in [4.69, 9.17) is 0 Å². The summed E-state index contributed by atoms with van der Waals surface area (Å²) in [5.74, 6) is 0. The quantitative estimate of drug-likeness (QED) is 0.201. The molecule has 0 saturated carbocycles. The first-order valence-corrected chi connectivity index (χ1v) is 4.87. The molecule has 0 fully saturated rings. The van der Waals surface area contributed by atoms with Crippen molar-refractivity contribution in [3.05, 3.63) is 0 Å². The SMILES string of the molecule is [O-][I+2]([O-])O[O][Bi]. The number of rotatable bonds is 2. The Balaban J connectivity index is 2.63. The van der Waals surface area contributed by atoms with Crippen LogP contribution >= 0.6 is 0 Å². The Hall–Kier alpha value is 1.45. The molecule has 0 atom stereocenters. The van der Waals surface area contributed by atoms with Crippen molar-refractivity contribution >= 4 is 25.2 Å². The van der Waals surface area contributed by atoms with E-state index in [0.29, 0.717) is 25.2 Å². The van der Waals surface area contributed by atoms with Crippen molar-refractivity contribution in [2.24, 2.45) is 0 Å². The monoisotopic (exact) mass is 400 g/mol. The van der Waals surface area contributed by atoms with Gasteiger partial charge >= 0.3 is 59.3 Å². The summed E-state index contributed by atoms with van der Waals surface area (Å²) in [5, 5.41) is 0. The van der Waals surface area contributed by atoms with E-state index >= 15 is 0 Å². The molecule has 0 rings (SSSR count). The third-order valence-corrected chi connectivity index (χ3v) is 2.00. The molecule has 6 heteroatoms. The first kappa shape index (κ1) is 7.45. The molecule has 0 N–H and O–H groups in total. The van der Waals surface area contributed by atoms with E-state index in [9.17, 15) is 6.87 Å². The maximum absolute atomic E-state index is 9.40. The number of halogens is 1. The molecule has 36 valence electrons. The Bertz CT molecular complexity index is 28.7. The van der Waals surface area contributed by atoms with Gasteiger partial charge in [0.15, 0.2) is 0 Å². The van der Waals surface area contributed by atoms with Gasteiger partial charge in [0.2, 0.25) is 0 Å². The second-order valence-electron chi connectivity index (χ2n) is 0.327. The van der Waals surface area contributed by atoms with E-state index in [-0.39, 0.29) is 0 Å². The van der Waals surface area contributed by atoms with Crippen molar-refractivity contribution in [3.63, 3.8) is 0 Å². The molecule has 2 radical (unpaired) electrons. The zero-order valence-electron chi connectivity index (χ0n) is 2.46. The molecule has 0 aromatic rings. The molecular weight excluding hydrogens is 400 g/mol. The van der Waals surface area contributed by atoms with Gasteiger partial charge in [0.25, 0.3) is 0 Å². The molecule has 0 unspecified atom stereocenters. The zero-order valence-corrected chi connectivity index (χ0v) is 8.09. The summed E-state index contributed by atoms with van der Waals surface area (Å²) >= 11 is -3.03. The van der Waals surface area contributed by atoms with E-state index in [1.807, 2.05) is 0 Å². The molecule has 0 spiro atoms. The fourth-order valence-corrected chi connectivity index (χ4v) is 1.35. The molecule has 0 aliphatic rings. The Morgan fingerprint density at radius 1 is 1.50 bits per heavy atom.